The fourth-order valence-corrected chi connectivity index (χ4v) is 4.04. The van der Waals surface area contributed by atoms with Crippen LogP contribution in [0.25, 0.3) is 10.2 Å². The van der Waals surface area contributed by atoms with E-state index in [-0.39, 0.29) is 0 Å². The topological polar surface area (TPSA) is 55.1 Å². The number of likely N-dealkylation sites (tertiary alicyclic amines) is 1. The van der Waals surface area contributed by atoms with Crippen LogP contribution in [0.15, 0.2) is 28.8 Å². The van der Waals surface area contributed by atoms with E-state index in [0.717, 1.165) is 18.5 Å². The van der Waals surface area contributed by atoms with Gasteiger partial charge in [-0.25, -0.2) is 4.98 Å². The van der Waals surface area contributed by atoms with Gasteiger partial charge in [0.15, 0.2) is 5.82 Å². The number of rotatable bonds is 3. The van der Waals surface area contributed by atoms with Crippen LogP contribution in [0.3, 0.4) is 0 Å². The van der Waals surface area contributed by atoms with Crippen molar-refractivity contribution in [3.05, 3.63) is 41.0 Å². The lowest BCUT2D eigenvalue weighted by atomic mass is 10.2. The van der Waals surface area contributed by atoms with E-state index in [9.17, 15) is 0 Å². The highest BCUT2D eigenvalue weighted by molar-refractivity contribution is 7.18. The summed E-state index contributed by atoms with van der Waals surface area (Å²) in [6.07, 6.45) is 2.33. The Morgan fingerprint density at radius 2 is 2.24 bits per heavy atom. The van der Waals surface area contributed by atoms with E-state index in [1.54, 1.807) is 11.3 Å². The van der Waals surface area contributed by atoms with Gasteiger partial charge < -0.3 is 4.52 Å². The molecule has 1 fully saturated rings. The number of nitrogens with zero attached hydrogens (tertiary/aromatic N) is 4. The summed E-state index contributed by atoms with van der Waals surface area (Å²) in [5.74, 6) is 1.39. The van der Waals surface area contributed by atoms with Crippen LogP contribution in [0.1, 0.15) is 35.6 Å². The summed E-state index contributed by atoms with van der Waals surface area (Å²) in [5.41, 5.74) is 1.10. The summed E-state index contributed by atoms with van der Waals surface area (Å²) >= 11 is 1.79. The zero-order chi connectivity index (χ0) is 14.2. The number of aromatic nitrogens is 3. The van der Waals surface area contributed by atoms with Crippen LogP contribution in [0.5, 0.6) is 0 Å². The molecule has 0 saturated carbocycles. The molecule has 1 saturated heterocycles. The van der Waals surface area contributed by atoms with Gasteiger partial charge in [0.05, 0.1) is 22.8 Å². The standard InChI is InChI=1S/C15H16N4OS/c1-10-16-14(20-18-10)9-19-8-4-6-12(19)15-17-11-5-2-3-7-13(11)21-15/h2-3,5,7,12H,4,6,8-9H2,1H3/t12-/m1/s1. The summed E-state index contributed by atoms with van der Waals surface area (Å²) in [5, 5.41) is 5.06. The first-order valence-electron chi connectivity index (χ1n) is 7.18. The molecule has 0 amide bonds. The van der Waals surface area contributed by atoms with Gasteiger partial charge in [-0.2, -0.15) is 4.98 Å². The number of aryl methyl sites for hydroxylation is 1. The van der Waals surface area contributed by atoms with Crippen molar-refractivity contribution in [3.8, 4) is 0 Å². The van der Waals surface area contributed by atoms with Crippen molar-refractivity contribution in [1.29, 1.82) is 0 Å². The monoisotopic (exact) mass is 300 g/mol. The molecule has 2 aromatic heterocycles. The lowest BCUT2D eigenvalue weighted by Crippen LogP contribution is -2.22. The average Bonchev–Trinajstić information content (AvgIpc) is 3.18. The molecule has 1 aliphatic rings. The minimum atomic E-state index is 0.370. The number of hydrogen-bond donors (Lipinski definition) is 0. The quantitative estimate of drug-likeness (QED) is 0.742. The van der Waals surface area contributed by atoms with E-state index in [1.807, 2.05) is 13.0 Å². The van der Waals surface area contributed by atoms with Gasteiger partial charge in [-0.3, -0.25) is 4.90 Å². The van der Waals surface area contributed by atoms with Gasteiger partial charge in [-0.05, 0) is 38.4 Å². The second-order valence-electron chi connectivity index (χ2n) is 5.38. The Labute approximate surface area is 126 Å². The normalized spacial score (nSPS) is 19.6. The molecule has 5 nitrogen and oxygen atoms in total. The summed E-state index contributed by atoms with van der Waals surface area (Å²) in [6.45, 7) is 3.62. The fourth-order valence-electron chi connectivity index (χ4n) is 2.91. The van der Waals surface area contributed by atoms with E-state index >= 15 is 0 Å². The van der Waals surface area contributed by atoms with Gasteiger partial charge in [0.1, 0.15) is 5.01 Å². The molecule has 0 spiro atoms. The predicted molar refractivity (Wildman–Crippen MR) is 81.0 cm³/mol. The third-order valence-electron chi connectivity index (χ3n) is 3.87. The maximum atomic E-state index is 5.25. The molecule has 3 aromatic rings. The van der Waals surface area contributed by atoms with Crippen molar-refractivity contribution < 1.29 is 4.52 Å². The second-order valence-corrected chi connectivity index (χ2v) is 6.45. The van der Waals surface area contributed by atoms with Gasteiger partial charge in [-0.15, -0.1) is 11.3 Å². The van der Waals surface area contributed by atoms with E-state index in [1.165, 1.54) is 16.1 Å². The van der Waals surface area contributed by atoms with Crippen molar-refractivity contribution in [2.75, 3.05) is 6.54 Å². The number of para-hydroxylation sites is 1. The molecule has 0 aliphatic carbocycles. The smallest absolute Gasteiger partial charge is 0.240 e. The Kier molecular flexibility index (Phi) is 3.20. The molecule has 1 aromatic carbocycles. The SMILES string of the molecule is Cc1noc(CN2CCC[C@@H]2c2nc3ccccc3s2)n1. The number of thiazole rings is 1. The lowest BCUT2D eigenvalue weighted by Gasteiger charge is -2.20. The highest BCUT2D eigenvalue weighted by Crippen LogP contribution is 2.36. The Bertz CT molecular complexity index is 733. The largest absolute Gasteiger partial charge is 0.338 e. The van der Waals surface area contributed by atoms with Crippen LogP contribution in [-0.4, -0.2) is 26.6 Å². The third kappa shape index (κ3) is 2.45. The lowest BCUT2D eigenvalue weighted by molar-refractivity contribution is 0.212. The molecule has 4 rings (SSSR count). The first-order chi connectivity index (χ1) is 10.3. The molecule has 6 heteroatoms. The minimum absolute atomic E-state index is 0.370. The third-order valence-corrected chi connectivity index (χ3v) is 5.00. The molecule has 21 heavy (non-hydrogen) atoms. The Balaban J connectivity index is 1.60. The van der Waals surface area contributed by atoms with E-state index in [0.29, 0.717) is 24.3 Å². The highest BCUT2D eigenvalue weighted by atomic mass is 32.1. The zero-order valence-electron chi connectivity index (χ0n) is 11.8. The zero-order valence-corrected chi connectivity index (χ0v) is 12.6. The number of benzene rings is 1. The van der Waals surface area contributed by atoms with Gasteiger partial charge in [-0.1, -0.05) is 17.3 Å². The molecular formula is C15H16N4OS. The Hall–Kier alpha value is -1.79. The molecule has 0 radical (unpaired) electrons. The summed E-state index contributed by atoms with van der Waals surface area (Å²) in [6, 6.07) is 8.69. The van der Waals surface area contributed by atoms with Gasteiger partial charge in [0.25, 0.3) is 0 Å². The first kappa shape index (κ1) is 12.9. The van der Waals surface area contributed by atoms with Crippen LogP contribution in [-0.2, 0) is 6.54 Å². The van der Waals surface area contributed by atoms with Crippen molar-refractivity contribution in [1.82, 2.24) is 20.0 Å². The molecule has 1 aliphatic heterocycles. The molecule has 108 valence electrons. The maximum Gasteiger partial charge on any atom is 0.240 e. The molecule has 0 unspecified atom stereocenters. The first-order valence-corrected chi connectivity index (χ1v) is 8.00. The van der Waals surface area contributed by atoms with E-state index in [2.05, 4.69) is 33.2 Å². The van der Waals surface area contributed by atoms with Crippen LogP contribution in [0, 0.1) is 6.92 Å². The van der Waals surface area contributed by atoms with Crippen LogP contribution in [0.4, 0.5) is 0 Å². The van der Waals surface area contributed by atoms with Crippen molar-refractivity contribution in [2.24, 2.45) is 0 Å². The van der Waals surface area contributed by atoms with Gasteiger partial charge in [0.2, 0.25) is 5.89 Å². The predicted octanol–water partition coefficient (Wildman–Crippen LogP) is 3.32. The summed E-state index contributed by atoms with van der Waals surface area (Å²) in [7, 11) is 0. The highest BCUT2D eigenvalue weighted by Gasteiger charge is 2.29. The fraction of sp³-hybridized carbons (Fsp3) is 0.400. The van der Waals surface area contributed by atoms with Crippen molar-refractivity contribution in [2.45, 2.75) is 32.4 Å². The van der Waals surface area contributed by atoms with Crippen molar-refractivity contribution >= 4 is 21.6 Å². The average molecular weight is 300 g/mol. The van der Waals surface area contributed by atoms with E-state index in [4.69, 9.17) is 9.51 Å². The van der Waals surface area contributed by atoms with E-state index < -0.39 is 0 Å². The van der Waals surface area contributed by atoms with Crippen molar-refractivity contribution in [3.63, 3.8) is 0 Å². The molecule has 0 N–H and O–H groups in total. The second kappa shape index (κ2) is 5.20. The van der Waals surface area contributed by atoms with Crippen LogP contribution in [0.2, 0.25) is 0 Å². The van der Waals surface area contributed by atoms with Gasteiger partial charge >= 0.3 is 0 Å². The summed E-state index contributed by atoms with van der Waals surface area (Å²) in [4.78, 5) is 11.5. The van der Waals surface area contributed by atoms with Crippen LogP contribution >= 0.6 is 11.3 Å². The Morgan fingerprint density at radius 1 is 1.33 bits per heavy atom. The Morgan fingerprint density at radius 3 is 3.05 bits per heavy atom. The number of fused-ring (bicyclic) bond motifs is 1. The molecule has 1 atom stereocenters. The van der Waals surface area contributed by atoms with Crippen LogP contribution < -0.4 is 0 Å². The molecule has 0 bridgehead atoms. The molecular weight excluding hydrogens is 284 g/mol. The maximum absolute atomic E-state index is 5.25. The summed E-state index contributed by atoms with van der Waals surface area (Å²) < 4.78 is 6.51. The molecule has 3 heterocycles. The number of hydrogen-bond acceptors (Lipinski definition) is 6. The minimum Gasteiger partial charge on any atom is -0.338 e. The van der Waals surface area contributed by atoms with Gasteiger partial charge in [0, 0.05) is 0 Å².